The molecule has 1 saturated heterocycles. The Bertz CT molecular complexity index is 509. The number of ether oxygens (including phenoxy) is 1. The van der Waals surface area contributed by atoms with Crippen molar-refractivity contribution in [2.24, 2.45) is 5.92 Å². The fourth-order valence-corrected chi connectivity index (χ4v) is 4.41. The van der Waals surface area contributed by atoms with Crippen molar-refractivity contribution in [2.45, 2.75) is 36.6 Å². The van der Waals surface area contributed by atoms with Gasteiger partial charge in [0.1, 0.15) is 0 Å². The second kappa shape index (κ2) is 7.77. The SMILES string of the molecule is COCC[C@]1(O)CCN(C(=O)CSc2nc(C)cs2)C[C@H]1C. The molecule has 2 rings (SSSR count). The lowest BCUT2D eigenvalue weighted by molar-refractivity contribution is -0.137. The van der Waals surface area contributed by atoms with Gasteiger partial charge in [0.25, 0.3) is 0 Å². The van der Waals surface area contributed by atoms with E-state index in [0.717, 1.165) is 10.0 Å². The number of carbonyl (C=O) groups excluding carboxylic acids is 1. The third-order valence-corrected chi connectivity index (χ3v) is 6.36. The molecule has 5 nitrogen and oxygen atoms in total. The number of thiazole rings is 1. The van der Waals surface area contributed by atoms with Crippen molar-refractivity contribution in [3.8, 4) is 0 Å². The molecule has 1 fully saturated rings. The Labute approximate surface area is 140 Å². The predicted molar refractivity (Wildman–Crippen MR) is 89.4 cm³/mol. The molecule has 1 aromatic rings. The van der Waals surface area contributed by atoms with Crippen LogP contribution >= 0.6 is 23.1 Å². The lowest BCUT2D eigenvalue weighted by Crippen LogP contribution is -2.53. The number of carbonyl (C=O) groups is 1. The second-order valence-electron chi connectivity index (χ2n) is 5.88. The molecule has 22 heavy (non-hydrogen) atoms. The van der Waals surface area contributed by atoms with Gasteiger partial charge in [0.2, 0.25) is 5.91 Å². The summed E-state index contributed by atoms with van der Waals surface area (Å²) in [6.45, 7) is 5.73. The van der Waals surface area contributed by atoms with E-state index in [2.05, 4.69) is 4.98 Å². The number of aliphatic hydroxyl groups is 1. The molecule has 124 valence electrons. The number of hydrogen-bond donors (Lipinski definition) is 1. The fraction of sp³-hybridized carbons (Fsp3) is 0.733. The smallest absolute Gasteiger partial charge is 0.233 e. The van der Waals surface area contributed by atoms with Gasteiger partial charge in [0.05, 0.1) is 11.4 Å². The molecular weight excluding hydrogens is 320 g/mol. The molecule has 0 saturated carbocycles. The van der Waals surface area contributed by atoms with Crippen LogP contribution in [-0.4, -0.2) is 59.1 Å². The average molecular weight is 345 g/mol. The molecule has 1 amide bonds. The Morgan fingerprint density at radius 2 is 2.45 bits per heavy atom. The van der Waals surface area contributed by atoms with Gasteiger partial charge in [-0.05, 0) is 19.8 Å². The summed E-state index contributed by atoms with van der Waals surface area (Å²) < 4.78 is 6.01. The zero-order valence-corrected chi connectivity index (χ0v) is 15.0. The summed E-state index contributed by atoms with van der Waals surface area (Å²) in [5.41, 5.74) is 0.279. The zero-order chi connectivity index (χ0) is 16.2. The Balaban J connectivity index is 1.83. The van der Waals surface area contributed by atoms with E-state index in [-0.39, 0.29) is 11.8 Å². The highest BCUT2D eigenvalue weighted by atomic mass is 32.2. The van der Waals surface area contributed by atoms with Crippen LogP contribution in [-0.2, 0) is 9.53 Å². The number of methoxy groups -OCH3 is 1. The molecule has 1 aliphatic heterocycles. The Morgan fingerprint density at radius 1 is 1.68 bits per heavy atom. The van der Waals surface area contributed by atoms with Crippen molar-refractivity contribution < 1.29 is 14.6 Å². The van der Waals surface area contributed by atoms with Crippen LogP contribution in [0.1, 0.15) is 25.5 Å². The van der Waals surface area contributed by atoms with Gasteiger partial charge in [-0.1, -0.05) is 18.7 Å². The third kappa shape index (κ3) is 4.44. The van der Waals surface area contributed by atoms with Crippen LogP contribution in [0, 0.1) is 12.8 Å². The van der Waals surface area contributed by atoms with E-state index < -0.39 is 5.60 Å². The van der Waals surface area contributed by atoms with Gasteiger partial charge in [-0.15, -0.1) is 11.3 Å². The maximum absolute atomic E-state index is 12.3. The molecule has 1 aromatic heterocycles. The third-order valence-electron chi connectivity index (χ3n) is 4.24. The number of rotatable bonds is 6. The highest BCUT2D eigenvalue weighted by Crippen LogP contribution is 2.31. The highest BCUT2D eigenvalue weighted by Gasteiger charge is 2.39. The van der Waals surface area contributed by atoms with Crippen molar-refractivity contribution in [3.63, 3.8) is 0 Å². The largest absolute Gasteiger partial charge is 0.389 e. The normalized spacial score (nSPS) is 25.5. The number of aromatic nitrogens is 1. The minimum Gasteiger partial charge on any atom is -0.389 e. The Kier molecular flexibility index (Phi) is 6.26. The van der Waals surface area contributed by atoms with Gasteiger partial charge in [-0.25, -0.2) is 4.98 Å². The minimum absolute atomic E-state index is 0.0625. The lowest BCUT2D eigenvalue weighted by atomic mass is 9.80. The van der Waals surface area contributed by atoms with Gasteiger partial charge in [0.15, 0.2) is 4.34 Å². The summed E-state index contributed by atoms with van der Waals surface area (Å²) in [7, 11) is 1.64. The van der Waals surface area contributed by atoms with Crippen LogP contribution in [0.5, 0.6) is 0 Å². The standard InChI is InChI=1S/C15H24N2O3S2/c1-11-8-17(6-4-15(11,19)5-7-20-3)13(18)10-22-14-16-12(2)9-21-14/h9,11,19H,4-8,10H2,1-3H3/t11-,15-/m1/s1. The molecule has 0 radical (unpaired) electrons. The van der Waals surface area contributed by atoms with E-state index >= 15 is 0 Å². The van der Waals surface area contributed by atoms with E-state index in [4.69, 9.17) is 4.74 Å². The van der Waals surface area contributed by atoms with Gasteiger partial charge in [0, 0.05) is 43.8 Å². The molecule has 0 bridgehead atoms. The van der Waals surface area contributed by atoms with Crippen molar-refractivity contribution in [1.82, 2.24) is 9.88 Å². The molecule has 1 aliphatic rings. The van der Waals surface area contributed by atoms with Crippen LogP contribution < -0.4 is 0 Å². The number of piperidine rings is 1. The van der Waals surface area contributed by atoms with Crippen LogP contribution in [0.15, 0.2) is 9.72 Å². The first-order valence-corrected chi connectivity index (χ1v) is 9.35. The van der Waals surface area contributed by atoms with Crippen molar-refractivity contribution in [3.05, 3.63) is 11.1 Å². The number of hydrogen-bond acceptors (Lipinski definition) is 6. The van der Waals surface area contributed by atoms with Crippen LogP contribution in [0.25, 0.3) is 0 Å². The molecule has 0 aromatic carbocycles. The molecule has 0 spiro atoms. The summed E-state index contributed by atoms with van der Waals surface area (Å²) in [6.07, 6.45) is 1.24. The number of amides is 1. The molecule has 2 atom stereocenters. The van der Waals surface area contributed by atoms with Crippen molar-refractivity contribution in [2.75, 3.05) is 32.6 Å². The maximum atomic E-state index is 12.3. The van der Waals surface area contributed by atoms with E-state index in [1.54, 1.807) is 18.4 Å². The molecular formula is C15H24N2O3S2. The van der Waals surface area contributed by atoms with Gasteiger partial charge in [-0.2, -0.15) is 0 Å². The second-order valence-corrected chi connectivity index (χ2v) is 7.96. The lowest BCUT2D eigenvalue weighted by Gasteiger charge is -2.43. The summed E-state index contributed by atoms with van der Waals surface area (Å²) in [5.74, 6) is 0.599. The molecule has 2 heterocycles. The van der Waals surface area contributed by atoms with E-state index in [1.807, 2.05) is 24.1 Å². The van der Waals surface area contributed by atoms with Crippen molar-refractivity contribution in [1.29, 1.82) is 0 Å². The number of likely N-dealkylation sites (tertiary alicyclic amines) is 1. The van der Waals surface area contributed by atoms with Gasteiger partial charge < -0.3 is 14.7 Å². The molecule has 0 aliphatic carbocycles. The van der Waals surface area contributed by atoms with Crippen molar-refractivity contribution >= 4 is 29.0 Å². The summed E-state index contributed by atoms with van der Waals surface area (Å²) in [4.78, 5) is 18.5. The quantitative estimate of drug-likeness (QED) is 0.802. The van der Waals surface area contributed by atoms with Gasteiger partial charge >= 0.3 is 0 Å². The Hall–Kier alpha value is -0.630. The summed E-state index contributed by atoms with van der Waals surface area (Å²) in [5, 5.41) is 12.6. The Morgan fingerprint density at radius 3 is 3.05 bits per heavy atom. The fourth-order valence-electron chi connectivity index (χ4n) is 2.66. The first-order valence-electron chi connectivity index (χ1n) is 7.48. The maximum Gasteiger partial charge on any atom is 0.233 e. The zero-order valence-electron chi connectivity index (χ0n) is 13.4. The minimum atomic E-state index is -0.716. The highest BCUT2D eigenvalue weighted by molar-refractivity contribution is 8.01. The molecule has 0 unspecified atom stereocenters. The number of aryl methyl sites for hydroxylation is 1. The van der Waals surface area contributed by atoms with E-state index in [9.17, 15) is 9.90 Å². The average Bonchev–Trinajstić information content (AvgIpc) is 2.91. The predicted octanol–water partition coefficient (Wildman–Crippen LogP) is 2.18. The van der Waals surface area contributed by atoms with Crippen LogP contribution in [0.3, 0.4) is 0 Å². The topological polar surface area (TPSA) is 62.7 Å². The monoisotopic (exact) mass is 344 g/mol. The number of nitrogens with zero attached hydrogens (tertiary/aromatic N) is 2. The summed E-state index contributed by atoms with van der Waals surface area (Å²) >= 11 is 3.07. The van der Waals surface area contributed by atoms with E-state index in [0.29, 0.717) is 38.3 Å². The first-order chi connectivity index (χ1) is 10.4. The molecule has 7 heteroatoms. The van der Waals surface area contributed by atoms with E-state index in [1.165, 1.54) is 11.8 Å². The van der Waals surface area contributed by atoms with Crippen LogP contribution in [0.2, 0.25) is 0 Å². The first kappa shape index (κ1) is 17.7. The summed E-state index contributed by atoms with van der Waals surface area (Å²) in [6, 6.07) is 0. The molecule has 1 N–H and O–H groups in total. The number of thioether (sulfide) groups is 1. The van der Waals surface area contributed by atoms with Gasteiger partial charge in [-0.3, -0.25) is 4.79 Å². The van der Waals surface area contributed by atoms with Crippen LogP contribution in [0.4, 0.5) is 0 Å².